The zero-order valence-corrected chi connectivity index (χ0v) is 22.1. The zero-order chi connectivity index (χ0) is 26.5. The van der Waals surface area contributed by atoms with Crippen LogP contribution in [-0.2, 0) is 17.8 Å². The Morgan fingerprint density at radius 1 is 0.947 bits per heavy atom. The lowest BCUT2D eigenvalue weighted by atomic mass is 9.99. The molecular weight excluding hydrogens is 494 g/mol. The maximum absolute atomic E-state index is 13.3. The van der Waals surface area contributed by atoms with Crippen LogP contribution < -0.4 is 9.47 Å². The number of rotatable bonds is 7. The number of ether oxygens (including phenoxy) is 2. The highest BCUT2D eigenvalue weighted by Crippen LogP contribution is 2.36. The molecule has 7 heteroatoms. The lowest BCUT2D eigenvalue weighted by Gasteiger charge is -2.29. The van der Waals surface area contributed by atoms with E-state index in [0.717, 1.165) is 39.9 Å². The second-order valence-electron chi connectivity index (χ2n) is 8.91. The van der Waals surface area contributed by atoms with E-state index in [1.807, 2.05) is 83.8 Å². The number of nitriles is 1. The van der Waals surface area contributed by atoms with Gasteiger partial charge in [-0.1, -0.05) is 72.4 Å². The minimum absolute atomic E-state index is 0.00694. The van der Waals surface area contributed by atoms with E-state index in [-0.39, 0.29) is 11.7 Å². The topological polar surface area (TPSA) is 75.5 Å². The molecule has 0 radical (unpaired) electrons. The summed E-state index contributed by atoms with van der Waals surface area (Å²) in [6.07, 6.45) is 0.745. The fourth-order valence-corrected chi connectivity index (χ4v) is 5.56. The molecular formula is C31H27N3O3S. The van der Waals surface area contributed by atoms with Gasteiger partial charge in [0.2, 0.25) is 5.91 Å². The molecule has 1 aromatic heterocycles. The van der Waals surface area contributed by atoms with E-state index in [1.165, 1.54) is 11.8 Å². The third kappa shape index (κ3) is 5.22. The van der Waals surface area contributed by atoms with E-state index in [4.69, 9.17) is 14.5 Å². The number of hydrogen-bond acceptors (Lipinski definition) is 6. The molecule has 3 aromatic carbocycles. The van der Waals surface area contributed by atoms with E-state index in [0.29, 0.717) is 35.2 Å². The third-order valence-corrected chi connectivity index (χ3v) is 7.62. The van der Waals surface area contributed by atoms with Crippen LogP contribution in [0.4, 0.5) is 0 Å². The first-order chi connectivity index (χ1) is 18.6. The first kappa shape index (κ1) is 25.4. The highest BCUT2D eigenvalue weighted by molar-refractivity contribution is 8.00. The summed E-state index contributed by atoms with van der Waals surface area (Å²) in [4.78, 5) is 20.0. The number of nitrogens with zero attached hydrogens (tertiary/aromatic N) is 3. The second kappa shape index (κ2) is 11.4. The molecule has 38 heavy (non-hydrogen) atoms. The molecule has 2 heterocycles. The molecule has 190 valence electrons. The number of benzene rings is 3. The molecule has 4 aromatic rings. The van der Waals surface area contributed by atoms with Crippen molar-refractivity contribution >= 4 is 17.7 Å². The van der Waals surface area contributed by atoms with Crippen molar-refractivity contribution in [1.29, 1.82) is 5.26 Å². The maximum Gasteiger partial charge on any atom is 0.233 e. The van der Waals surface area contributed by atoms with Crippen LogP contribution in [0.3, 0.4) is 0 Å². The number of aromatic nitrogens is 1. The minimum Gasteiger partial charge on any atom is -0.493 e. The molecule has 0 saturated carbocycles. The van der Waals surface area contributed by atoms with Crippen LogP contribution in [0, 0.1) is 11.3 Å². The van der Waals surface area contributed by atoms with Crippen LogP contribution in [0.1, 0.15) is 16.7 Å². The van der Waals surface area contributed by atoms with Crippen LogP contribution in [0.25, 0.3) is 22.4 Å². The number of pyridine rings is 1. The summed E-state index contributed by atoms with van der Waals surface area (Å²) in [5.74, 6) is 1.55. The molecule has 0 N–H and O–H groups in total. The number of carbonyl (C=O) groups excluding carboxylic acids is 1. The zero-order valence-electron chi connectivity index (χ0n) is 21.3. The Kier molecular flexibility index (Phi) is 7.62. The molecule has 0 atom stereocenters. The Morgan fingerprint density at radius 2 is 1.58 bits per heavy atom. The summed E-state index contributed by atoms with van der Waals surface area (Å²) >= 11 is 1.32. The van der Waals surface area contributed by atoms with Gasteiger partial charge in [0.25, 0.3) is 0 Å². The Balaban J connectivity index is 1.41. The van der Waals surface area contributed by atoms with Gasteiger partial charge in [0, 0.05) is 24.2 Å². The van der Waals surface area contributed by atoms with Crippen LogP contribution in [-0.4, -0.2) is 42.3 Å². The maximum atomic E-state index is 13.3. The van der Waals surface area contributed by atoms with Crippen LogP contribution in [0.5, 0.6) is 11.5 Å². The monoisotopic (exact) mass is 521 g/mol. The summed E-state index contributed by atoms with van der Waals surface area (Å²) < 4.78 is 10.9. The molecule has 1 aliphatic rings. The number of amides is 1. The summed E-state index contributed by atoms with van der Waals surface area (Å²) in [5, 5.41) is 10.7. The van der Waals surface area contributed by atoms with Crippen LogP contribution in [0.15, 0.2) is 83.9 Å². The molecule has 0 aliphatic carbocycles. The Bertz CT molecular complexity index is 1500. The largest absolute Gasteiger partial charge is 0.493 e. The van der Waals surface area contributed by atoms with Gasteiger partial charge in [-0.25, -0.2) is 4.98 Å². The second-order valence-corrected chi connectivity index (χ2v) is 9.87. The average Bonchev–Trinajstić information content (AvgIpc) is 2.99. The summed E-state index contributed by atoms with van der Waals surface area (Å²) in [6.45, 7) is 1.13. The predicted octanol–water partition coefficient (Wildman–Crippen LogP) is 5.98. The molecule has 1 aliphatic heterocycles. The standard InChI is InChI=1S/C31H27N3O3S/c1-36-28-15-23-13-14-34(19-24(23)16-29(28)37-2)30(35)20-38-31-26(18-32)25(21-9-5-3-6-10-21)17-27(33-31)22-11-7-4-8-12-22/h3-12,15-17H,13-14,19-20H2,1-2H3. The fourth-order valence-electron chi connectivity index (χ4n) is 4.65. The Hall–Kier alpha value is -4.28. The van der Waals surface area contributed by atoms with E-state index in [1.54, 1.807) is 14.2 Å². The van der Waals surface area contributed by atoms with Gasteiger partial charge in [0.1, 0.15) is 11.1 Å². The normalized spacial score (nSPS) is 12.4. The van der Waals surface area contributed by atoms with Gasteiger partial charge in [-0.15, -0.1) is 0 Å². The number of carbonyl (C=O) groups is 1. The number of fused-ring (bicyclic) bond motifs is 1. The van der Waals surface area contributed by atoms with E-state index < -0.39 is 0 Å². The van der Waals surface area contributed by atoms with Crippen molar-refractivity contribution in [3.63, 3.8) is 0 Å². The van der Waals surface area contributed by atoms with Crippen LogP contribution in [0.2, 0.25) is 0 Å². The number of methoxy groups -OCH3 is 2. The minimum atomic E-state index is 0.00694. The van der Waals surface area contributed by atoms with E-state index >= 15 is 0 Å². The summed E-state index contributed by atoms with van der Waals surface area (Å²) in [6, 6.07) is 28.0. The van der Waals surface area contributed by atoms with Crippen molar-refractivity contribution in [2.24, 2.45) is 0 Å². The number of hydrogen-bond donors (Lipinski definition) is 0. The highest BCUT2D eigenvalue weighted by atomic mass is 32.2. The van der Waals surface area contributed by atoms with Crippen molar-refractivity contribution in [3.05, 3.63) is 95.6 Å². The lowest BCUT2D eigenvalue weighted by Crippen LogP contribution is -2.37. The first-order valence-corrected chi connectivity index (χ1v) is 13.3. The van der Waals surface area contributed by atoms with Gasteiger partial charge in [-0.2, -0.15) is 5.26 Å². The summed E-state index contributed by atoms with van der Waals surface area (Å²) in [5.41, 5.74) is 6.18. The first-order valence-electron chi connectivity index (χ1n) is 12.3. The van der Waals surface area contributed by atoms with Gasteiger partial charge in [-0.05, 0) is 41.3 Å². The van der Waals surface area contributed by atoms with E-state index in [9.17, 15) is 10.1 Å². The number of thioether (sulfide) groups is 1. The molecule has 0 fully saturated rings. The highest BCUT2D eigenvalue weighted by Gasteiger charge is 2.24. The van der Waals surface area contributed by atoms with Crippen molar-refractivity contribution in [3.8, 4) is 40.0 Å². The molecule has 5 rings (SSSR count). The van der Waals surface area contributed by atoms with Gasteiger partial charge >= 0.3 is 0 Å². The van der Waals surface area contributed by atoms with Gasteiger partial charge in [0.15, 0.2) is 11.5 Å². The molecule has 0 bridgehead atoms. The van der Waals surface area contributed by atoms with Crippen LogP contribution >= 0.6 is 11.8 Å². The van der Waals surface area contributed by atoms with Gasteiger partial charge < -0.3 is 14.4 Å². The quantitative estimate of drug-likeness (QED) is 0.279. The third-order valence-electron chi connectivity index (χ3n) is 6.66. The molecule has 0 saturated heterocycles. The van der Waals surface area contributed by atoms with Crippen molar-refractivity contribution in [2.75, 3.05) is 26.5 Å². The Labute approximate surface area is 226 Å². The Morgan fingerprint density at radius 3 is 2.21 bits per heavy atom. The van der Waals surface area contributed by atoms with Gasteiger partial charge in [-0.3, -0.25) is 4.79 Å². The summed E-state index contributed by atoms with van der Waals surface area (Å²) in [7, 11) is 3.24. The lowest BCUT2D eigenvalue weighted by molar-refractivity contribution is -0.129. The fraction of sp³-hybridized carbons (Fsp3) is 0.194. The van der Waals surface area contributed by atoms with Crippen molar-refractivity contribution in [1.82, 2.24) is 9.88 Å². The molecule has 0 unspecified atom stereocenters. The molecule has 6 nitrogen and oxygen atoms in total. The molecule has 1 amide bonds. The molecule has 0 spiro atoms. The van der Waals surface area contributed by atoms with Gasteiger partial charge in [0.05, 0.1) is 31.2 Å². The smallest absolute Gasteiger partial charge is 0.233 e. The van der Waals surface area contributed by atoms with Crippen molar-refractivity contribution < 1.29 is 14.3 Å². The van der Waals surface area contributed by atoms with Crippen molar-refractivity contribution in [2.45, 2.75) is 18.0 Å². The van der Waals surface area contributed by atoms with E-state index in [2.05, 4.69) is 6.07 Å². The average molecular weight is 522 g/mol. The SMILES string of the molecule is COc1cc2c(cc1OC)CN(C(=O)CSc1nc(-c3ccccc3)cc(-c3ccccc3)c1C#N)CC2. The predicted molar refractivity (Wildman–Crippen MR) is 149 cm³/mol.